The highest BCUT2D eigenvalue weighted by Crippen LogP contribution is 2.33. The second-order valence-electron chi connectivity index (χ2n) is 5.47. The summed E-state index contributed by atoms with van der Waals surface area (Å²) < 4.78 is 0. The van der Waals surface area contributed by atoms with Crippen molar-refractivity contribution < 1.29 is 0 Å². The molecule has 0 amide bonds. The van der Waals surface area contributed by atoms with E-state index in [1.807, 2.05) is 18.2 Å². The average molecular weight is 238 g/mol. The number of nitrogens with zero attached hydrogens (tertiary/aromatic N) is 2. The van der Waals surface area contributed by atoms with Crippen LogP contribution in [0.1, 0.15) is 24.0 Å². The molecule has 1 aromatic rings. The van der Waals surface area contributed by atoms with Gasteiger partial charge >= 0.3 is 0 Å². The van der Waals surface area contributed by atoms with E-state index in [4.69, 9.17) is 5.26 Å². The van der Waals surface area contributed by atoms with Gasteiger partial charge in [-0.1, -0.05) is 24.3 Å². The van der Waals surface area contributed by atoms with E-state index in [1.54, 1.807) is 0 Å². The van der Waals surface area contributed by atoms with Crippen molar-refractivity contribution in [3.63, 3.8) is 0 Å². The number of benzene rings is 1. The number of hydrogen-bond donors (Lipinski definition) is 0. The van der Waals surface area contributed by atoms with Crippen LogP contribution in [0.2, 0.25) is 0 Å². The largest absolute Gasteiger partial charge is 0.298 e. The van der Waals surface area contributed by atoms with Gasteiger partial charge in [0.1, 0.15) is 0 Å². The first-order valence-electron chi connectivity index (χ1n) is 6.71. The Labute approximate surface area is 109 Å². The van der Waals surface area contributed by atoms with Gasteiger partial charge in [-0.05, 0) is 42.4 Å². The third-order valence-electron chi connectivity index (χ3n) is 4.16. The lowest BCUT2D eigenvalue weighted by atomic mass is 9.86. The smallest absolute Gasteiger partial charge is 0.0991 e. The molecule has 18 heavy (non-hydrogen) atoms. The SMILES string of the molecule is N#Cc1cccc(CN2C[C@H]3CC=CC[C@H]3C2)c1. The van der Waals surface area contributed by atoms with E-state index >= 15 is 0 Å². The number of hydrogen-bond acceptors (Lipinski definition) is 2. The van der Waals surface area contributed by atoms with Crippen LogP contribution in [0, 0.1) is 23.2 Å². The van der Waals surface area contributed by atoms with Crippen LogP contribution in [-0.2, 0) is 6.54 Å². The van der Waals surface area contributed by atoms with E-state index < -0.39 is 0 Å². The standard InChI is InChI=1S/C16H18N2/c17-9-13-4-3-5-14(8-13)10-18-11-15-6-1-2-7-16(15)12-18/h1-5,8,15-16H,6-7,10-12H2/t15-,16+. The monoisotopic (exact) mass is 238 g/mol. The number of nitriles is 1. The highest BCUT2D eigenvalue weighted by molar-refractivity contribution is 5.32. The van der Waals surface area contributed by atoms with E-state index in [2.05, 4.69) is 29.2 Å². The summed E-state index contributed by atoms with van der Waals surface area (Å²) in [5, 5.41) is 8.92. The Morgan fingerprint density at radius 3 is 2.56 bits per heavy atom. The molecule has 0 aromatic heterocycles. The second kappa shape index (κ2) is 4.96. The summed E-state index contributed by atoms with van der Waals surface area (Å²) in [5.41, 5.74) is 2.03. The quantitative estimate of drug-likeness (QED) is 0.741. The Kier molecular flexibility index (Phi) is 3.17. The fourth-order valence-corrected chi connectivity index (χ4v) is 3.24. The third kappa shape index (κ3) is 2.32. The van der Waals surface area contributed by atoms with Crippen LogP contribution in [0.4, 0.5) is 0 Å². The highest BCUT2D eigenvalue weighted by atomic mass is 15.2. The molecule has 0 spiro atoms. The molecule has 2 atom stereocenters. The van der Waals surface area contributed by atoms with Crippen molar-refractivity contribution in [2.45, 2.75) is 19.4 Å². The lowest BCUT2D eigenvalue weighted by molar-refractivity contribution is 0.314. The molecule has 1 heterocycles. The summed E-state index contributed by atoms with van der Waals surface area (Å²) in [6.45, 7) is 3.42. The molecule has 3 rings (SSSR count). The molecular weight excluding hydrogens is 220 g/mol. The molecular formula is C16H18N2. The molecule has 0 N–H and O–H groups in total. The van der Waals surface area contributed by atoms with E-state index in [9.17, 15) is 0 Å². The van der Waals surface area contributed by atoms with Crippen molar-refractivity contribution in [3.8, 4) is 6.07 Å². The minimum Gasteiger partial charge on any atom is -0.298 e. The summed E-state index contributed by atoms with van der Waals surface area (Å²) in [7, 11) is 0. The Bertz CT molecular complexity index is 482. The van der Waals surface area contributed by atoms with Gasteiger partial charge in [0.25, 0.3) is 0 Å². The van der Waals surface area contributed by atoms with E-state index in [0.29, 0.717) is 0 Å². The summed E-state index contributed by atoms with van der Waals surface area (Å²) in [6, 6.07) is 10.2. The molecule has 0 bridgehead atoms. The Morgan fingerprint density at radius 1 is 1.17 bits per heavy atom. The predicted octanol–water partition coefficient (Wildman–Crippen LogP) is 2.96. The van der Waals surface area contributed by atoms with Crippen molar-refractivity contribution >= 4 is 0 Å². The fraction of sp³-hybridized carbons (Fsp3) is 0.438. The van der Waals surface area contributed by atoms with Gasteiger partial charge in [-0.3, -0.25) is 4.90 Å². The maximum atomic E-state index is 8.92. The molecule has 2 nitrogen and oxygen atoms in total. The predicted molar refractivity (Wildman–Crippen MR) is 71.8 cm³/mol. The normalized spacial score (nSPS) is 26.8. The van der Waals surface area contributed by atoms with Gasteiger partial charge in [0.2, 0.25) is 0 Å². The van der Waals surface area contributed by atoms with Gasteiger partial charge in [-0.15, -0.1) is 0 Å². The summed E-state index contributed by atoms with van der Waals surface area (Å²) in [4.78, 5) is 2.54. The number of allylic oxidation sites excluding steroid dienone is 2. The minimum atomic E-state index is 0.769. The molecule has 0 radical (unpaired) electrons. The number of fused-ring (bicyclic) bond motifs is 1. The van der Waals surface area contributed by atoms with Crippen molar-refractivity contribution in [1.29, 1.82) is 5.26 Å². The molecule has 1 saturated heterocycles. The van der Waals surface area contributed by atoms with E-state index in [-0.39, 0.29) is 0 Å². The summed E-state index contributed by atoms with van der Waals surface area (Å²) in [6.07, 6.45) is 7.17. The number of likely N-dealkylation sites (tertiary alicyclic amines) is 1. The molecule has 1 aliphatic heterocycles. The van der Waals surface area contributed by atoms with Crippen LogP contribution in [0.15, 0.2) is 36.4 Å². The lowest BCUT2D eigenvalue weighted by Crippen LogP contribution is -2.20. The third-order valence-corrected chi connectivity index (χ3v) is 4.16. The lowest BCUT2D eigenvalue weighted by Gasteiger charge is -2.18. The fourth-order valence-electron chi connectivity index (χ4n) is 3.24. The first-order valence-corrected chi connectivity index (χ1v) is 6.71. The first-order chi connectivity index (χ1) is 8.85. The average Bonchev–Trinajstić information content (AvgIpc) is 2.81. The zero-order valence-electron chi connectivity index (χ0n) is 10.5. The number of rotatable bonds is 2. The zero-order valence-corrected chi connectivity index (χ0v) is 10.5. The Morgan fingerprint density at radius 2 is 1.89 bits per heavy atom. The maximum absolute atomic E-state index is 8.92. The molecule has 0 saturated carbocycles. The van der Waals surface area contributed by atoms with Gasteiger partial charge in [0.05, 0.1) is 11.6 Å². The van der Waals surface area contributed by atoms with Crippen LogP contribution in [-0.4, -0.2) is 18.0 Å². The topological polar surface area (TPSA) is 27.0 Å². The van der Waals surface area contributed by atoms with E-state index in [0.717, 1.165) is 23.9 Å². The van der Waals surface area contributed by atoms with Crippen molar-refractivity contribution in [1.82, 2.24) is 4.90 Å². The summed E-state index contributed by atoms with van der Waals surface area (Å²) in [5.74, 6) is 1.71. The van der Waals surface area contributed by atoms with Crippen LogP contribution < -0.4 is 0 Å². The van der Waals surface area contributed by atoms with Crippen LogP contribution in [0.25, 0.3) is 0 Å². The molecule has 2 heteroatoms. The molecule has 2 aliphatic rings. The minimum absolute atomic E-state index is 0.769. The zero-order chi connectivity index (χ0) is 12.4. The van der Waals surface area contributed by atoms with E-state index in [1.165, 1.54) is 31.5 Å². The van der Waals surface area contributed by atoms with Crippen molar-refractivity contribution in [3.05, 3.63) is 47.5 Å². The molecule has 0 unspecified atom stereocenters. The first kappa shape index (κ1) is 11.5. The molecule has 1 fully saturated rings. The molecule has 1 aliphatic carbocycles. The van der Waals surface area contributed by atoms with Crippen LogP contribution in [0.3, 0.4) is 0 Å². The van der Waals surface area contributed by atoms with Crippen molar-refractivity contribution in [2.75, 3.05) is 13.1 Å². The van der Waals surface area contributed by atoms with Crippen LogP contribution >= 0.6 is 0 Å². The summed E-state index contributed by atoms with van der Waals surface area (Å²) >= 11 is 0. The van der Waals surface area contributed by atoms with Gasteiger partial charge < -0.3 is 0 Å². The van der Waals surface area contributed by atoms with Gasteiger partial charge in [-0.2, -0.15) is 5.26 Å². The van der Waals surface area contributed by atoms with Gasteiger partial charge in [0.15, 0.2) is 0 Å². The highest BCUT2D eigenvalue weighted by Gasteiger charge is 2.32. The molecule has 1 aromatic carbocycles. The Balaban J connectivity index is 1.66. The maximum Gasteiger partial charge on any atom is 0.0991 e. The molecule has 92 valence electrons. The second-order valence-corrected chi connectivity index (χ2v) is 5.47. The van der Waals surface area contributed by atoms with Gasteiger partial charge in [-0.25, -0.2) is 0 Å². The Hall–Kier alpha value is -1.59. The van der Waals surface area contributed by atoms with Gasteiger partial charge in [0, 0.05) is 19.6 Å². The van der Waals surface area contributed by atoms with Crippen LogP contribution in [0.5, 0.6) is 0 Å². The van der Waals surface area contributed by atoms with Crippen molar-refractivity contribution in [2.24, 2.45) is 11.8 Å².